The van der Waals surface area contributed by atoms with Crippen LogP contribution in [0.5, 0.6) is 0 Å². The summed E-state index contributed by atoms with van der Waals surface area (Å²) in [7, 11) is -5.09. The first-order chi connectivity index (χ1) is 8.56. The Bertz CT molecular complexity index is 495. The third kappa shape index (κ3) is 7.70. The van der Waals surface area contributed by atoms with Gasteiger partial charge in [-0.2, -0.15) is 8.42 Å². The van der Waals surface area contributed by atoms with Crippen molar-refractivity contribution in [3.8, 4) is 0 Å². The topological polar surface area (TPSA) is 178 Å². The summed E-state index contributed by atoms with van der Waals surface area (Å²) in [4.78, 5) is 41.7. The first kappa shape index (κ1) is 20.7. The molecule has 0 aliphatic rings. The molecule has 12 heteroatoms. The van der Waals surface area contributed by atoms with Gasteiger partial charge in [0.25, 0.3) is 0 Å². The molecule has 0 aliphatic heterocycles. The van der Waals surface area contributed by atoms with E-state index in [1.807, 2.05) is 0 Å². The van der Waals surface area contributed by atoms with Crippen LogP contribution in [-0.2, 0) is 50.3 Å². The van der Waals surface area contributed by atoms with E-state index in [2.05, 4.69) is 4.18 Å². The van der Waals surface area contributed by atoms with Crippen molar-refractivity contribution in [1.29, 1.82) is 0 Å². The molecule has 0 aromatic rings. The summed E-state index contributed by atoms with van der Waals surface area (Å²) in [5.41, 5.74) is 0. The smallest absolute Gasteiger partial charge is 0.550 e. The number of carbonyl (C=O) groups excluding carboxylic acids is 3. The van der Waals surface area contributed by atoms with Gasteiger partial charge in [0.2, 0.25) is 0 Å². The van der Waals surface area contributed by atoms with Crippen molar-refractivity contribution in [1.82, 2.24) is 0 Å². The van der Waals surface area contributed by atoms with Crippen molar-refractivity contribution < 1.29 is 63.9 Å². The van der Waals surface area contributed by atoms with Crippen molar-refractivity contribution in [3.63, 3.8) is 0 Å². The number of hydrogen-bond donors (Lipinski definition) is 1. The van der Waals surface area contributed by atoms with Crippen LogP contribution >= 0.6 is 0 Å². The van der Waals surface area contributed by atoms with Crippen LogP contribution in [0, 0.1) is 0 Å². The van der Waals surface area contributed by atoms with Gasteiger partial charge >= 0.3 is 38.8 Å². The average molecular weight is 355 g/mol. The fourth-order valence-electron chi connectivity index (χ4n) is 0.893. The second-order valence-corrected chi connectivity index (χ2v) is 4.95. The summed E-state index contributed by atoms with van der Waals surface area (Å²) >= 11 is 0. The average Bonchev–Trinajstić information content (AvgIpc) is 2.21. The molecule has 115 valence electrons. The monoisotopic (exact) mass is 355 g/mol. The Balaban J connectivity index is 0. The molecule has 0 saturated heterocycles. The van der Waals surface area contributed by atoms with E-state index in [4.69, 9.17) is 5.11 Å². The predicted octanol–water partition coefficient (Wildman–Crippen LogP) is -4.02. The van der Waals surface area contributed by atoms with E-state index in [0.717, 1.165) is 0 Å². The third-order valence-corrected chi connectivity index (χ3v) is 3.19. The van der Waals surface area contributed by atoms with Crippen molar-refractivity contribution in [2.75, 3.05) is 0 Å². The Morgan fingerprint density at radius 2 is 1.60 bits per heavy atom. The van der Waals surface area contributed by atoms with E-state index in [9.17, 15) is 37.8 Å². The largest absolute Gasteiger partial charge is 2.00 e. The van der Waals surface area contributed by atoms with Crippen LogP contribution in [0.1, 0.15) is 19.3 Å². The van der Waals surface area contributed by atoms with E-state index in [0.29, 0.717) is 0 Å². The second kappa shape index (κ2) is 8.50. The number of carboxylic acids is 3. The molecule has 1 radical (unpaired) electrons. The van der Waals surface area contributed by atoms with Crippen LogP contribution in [0.4, 0.5) is 0 Å². The van der Waals surface area contributed by atoms with E-state index >= 15 is 0 Å². The first-order valence-electron chi connectivity index (χ1n) is 4.65. The minimum atomic E-state index is -5.09. The zero-order valence-corrected chi connectivity index (χ0v) is 11.4. The molecule has 1 unspecified atom stereocenters. The Hall–Kier alpha value is -1.66. The zero-order chi connectivity index (χ0) is 15.2. The van der Waals surface area contributed by atoms with Gasteiger partial charge in [0.05, 0.1) is 18.8 Å². The molecule has 20 heavy (non-hydrogen) atoms. The maximum absolute atomic E-state index is 11.3. The zero-order valence-electron chi connectivity index (χ0n) is 9.56. The van der Waals surface area contributed by atoms with Gasteiger partial charge < -0.3 is 29.1 Å². The number of aliphatic carboxylic acids is 3. The fourth-order valence-corrected chi connectivity index (χ4v) is 1.93. The number of carbonyl (C=O) groups is 4. The number of rotatable bonds is 8. The number of hydrogen-bond acceptors (Lipinski definition) is 9. The number of carboxylic acid groups (broad SMARTS) is 3. The fraction of sp³-hybridized carbons (Fsp3) is 0.500. The van der Waals surface area contributed by atoms with Crippen LogP contribution < -0.4 is 10.2 Å². The SMILES string of the molecule is O=C([O-])CC(C(=O)[O-])S(=O)(=O)OC(=O)CCC(=O)O.[Co+2]. The van der Waals surface area contributed by atoms with Crippen LogP contribution in [0.3, 0.4) is 0 Å². The first-order valence-corrected chi connectivity index (χ1v) is 6.12. The standard InChI is InChI=1S/C8H10O10S.Co/c9-5(10)1-2-7(13)18-19(16,17)4(8(14)15)3-6(11)12;/h4H,1-3H2,(H,9,10)(H,11,12)(H,14,15);/q;+2/p-2. The van der Waals surface area contributed by atoms with E-state index in [-0.39, 0.29) is 16.8 Å². The van der Waals surface area contributed by atoms with Crippen molar-refractivity contribution in [2.45, 2.75) is 24.5 Å². The van der Waals surface area contributed by atoms with Gasteiger partial charge in [-0.25, -0.2) is 0 Å². The maximum Gasteiger partial charge on any atom is 2.00 e. The Kier molecular flexibility index (Phi) is 8.77. The molecule has 0 aromatic carbocycles. The summed E-state index contributed by atoms with van der Waals surface area (Å²) < 4.78 is 26.3. The molecule has 0 amide bonds. The Morgan fingerprint density at radius 1 is 1.10 bits per heavy atom. The summed E-state index contributed by atoms with van der Waals surface area (Å²) in [6.45, 7) is 0. The normalized spacial score (nSPS) is 11.8. The quantitative estimate of drug-likeness (QED) is 0.422. The molecule has 1 atom stereocenters. The minimum Gasteiger partial charge on any atom is -0.550 e. The van der Waals surface area contributed by atoms with Gasteiger partial charge in [0, 0.05) is 12.4 Å². The molecule has 0 fully saturated rings. The molecule has 10 nitrogen and oxygen atoms in total. The van der Waals surface area contributed by atoms with Gasteiger partial charge in [-0.05, 0) is 0 Å². The summed E-state index contributed by atoms with van der Waals surface area (Å²) in [5, 5.41) is 26.2. The van der Waals surface area contributed by atoms with Gasteiger partial charge in [0.1, 0.15) is 5.25 Å². The van der Waals surface area contributed by atoms with Crippen LogP contribution in [0.25, 0.3) is 0 Å². The van der Waals surface area contributed by atoms with E-state index in [1.165, 1.54) is 0 Å². The van der Waals surface area contributed by atoms with Crippen molar-refractivity contribution in [2.24, 2.45) is 0 Å². The summed E-state index contributed by atoms with van der Waals surface area (Å²) in [6.07, 6.45) is -3.01. The van der Waals surface area contributed by atoms with Crippen LogP contribution in [0.2, 0.25) is 0 Å². The molecule has 0 aliphatic carbocycles. The predicted molar refractivity (Wildman–Crippen MR) is 50.3 cm³/mol. The molecular formula is C8H8CoO10S. The van der Waals surface area contributed by atoms with Gasteiger partial charge in [-0.3, -0.25) is 9.59 Å². The third-order valence-electron chi connectivity index (χ3n) is 1.72. The minimum absolute atomic E-state index is 0. The summed E-state index contributed by atoms with van der Waals surface area (Å²) in [6, 6.07) is 0. The molecule has 0 spiro atoms. The molecule has 1 N–H and O–H groups in total. The molecule has 0 saturated carbocycles. The maximum atomic E-state index is 11.3. The van der Waals surface area contributed by atoms with Crippen molar-refractivity contribution >= 4 is 34.0 Å². The van der Waals surface area contributed by atoms with E-state index in [1.54, 1.807) is 0 Å². The molecule has 0 bridgehead atoms. The molecule has 0 aromatic heterocycles. The van der Waals surface area contributed by atoms with E-state index < -0.39 is 58.5 Å². The van der Waals surface area contributed by atoms with Gasteiger partial charge in [0.15, 0.2) is 0 Å². The van der Waals surface area contributed by atoms with Crippen LogP contribution in [0.15, 0.2) is 0 Å². The van der Waals surface area contributed by atoms with Crippen molar-refractivity contribution in [3.05, 3.63) is 0 Å². The molecule has 0 rings (SSSR count). The second-order valence-electron chi connectivity index (χ2n) is 3.23. The Labute approximate surface area is 123 Å². The Morgan fingerprint density at radius 3 is 1.95 bits per heavy atom. The van der Waals surface area contributed by atoms with Crippen LogP contribution in [-0.4, -0.2) is 42.7 Å². The summed E-state index contributed by atoms with van der Waals surface area (Å²) in [5.74, 6) is -7.21. The van der Waals surface area contributed by atoms with Gasteiger partial charge in [-0.1, -0.05) is 0 Å². The van der Waals surface area contributed by atoms with Gasteiger partial charge in [-0.15, -0.1) is 0 Å². The molecular weight excluding hydrogens is 347 g/mol. The molecule has 0 heterocycles.